The molecule has 2 aliphatic heterocycles. The molecular formula is C14H27NOS2. The van der Waals surface area contributed by atoms with Crippen molar-refractivity contribution >= 4 is 23.5 Å². The van der Waals surface area contributed by atoms with Gasteiger partial charge in [-0.1, -0.05) is 13.8 Å². The van der Waals surface area contributed by atoms with Crippen LogP contribution in [0.5, 0.6) is 0 Å². The third kappa shape index (κ3) is 3.81. The molecule has 0 aliphatic carbocycles. The Bertz CT molecular complexity index is 256. The van der Waals surface area contributed by atoms with Crippen molar-refractivity contribution < 1.29 is 4.74 Å². The van der Waals surface area contributed by atoms with E-state index < -0.39 is 0 Å². The van der Waals surface area contributed by atoms with Gasteiger partial charge in [-0.2, -0.15) is 23.5 Å². The molecule has 4 atom stereocenters. The molecule has 2 rings (SSSR count). The number of thioether (sulfide) groups is 2. The molecule has 0 aromatic heterocycles. The Kier molecular flexibility index (Phi) is 5.73. The Balaban J connectivity index is 1.80. The van der Waals surface area contributed by atoms with Gasteiger partial charge in [0.2, 0.25) is 0 Å². The lowest BCUT2D eigenvalue weighted by atomic mass is 9.82. The van der Waals surface area contributed by atoms with Crippen LogP contribution in [-0.2, 0) is 4.74 Å². The monoisotopic (exact) mass is 289 g/mol. The molecule has 0 bridgehead atoms. The van der Waals surface area contributed by atoms with Crippen molar-refractivity contribution in [3.05, 3.63) is 0 Å². The van der Waals surface area contributed by atoms with E-state index in [1.165, 1.54) is 30.8 Å². The van der Waals surface area contributed by atoms with Gasteiger partial charge in [0.15, 0.2) is 0 Å². The molecule has 2 saturated heterocycles. The van der Waals surface area contributed by atoms with Gasteiger partial charge in [0.25, 0.3) is 0 Å². The van der Waals surface area contributed by atoms with E-state index in [2.05, 4.69) is 13.8 Å². The highest BCUT2D eigenvalue weighted by Crippen LogP contribution is 2.41. The minimum absolute atomic E-state index is 0.187. The van der Waals surface area contributed by atoms with Crippen molar-refractivity contribution in [2.24, 2.45) is 11.7 Å². The highest BCUT2D eigenvalue weighted by atomic mass is 32.2. The van der Waals surface area contributed by atoms with Gasteiger partial charge in [0.05, 0.1) is 5.60 Å². The first-order chi connectivity index (χ1) is 8.65. The maximum atomic E-state index is 6.42. The molecule has 106 valence electrons. The van der Waals surface area contributed by atoms with Gasteiger partial charge in [-0.05, 0) is 37.4 Å². The lowest BCUT2D eigenvalue weighted by Gasteiger charge is -2.40. The smallest absolute Gasteiger partial charge is 0.0783 e. The zero-order chi connectivity index (χ0) is 13.0. The molecule has 4 heteroatoms. The maximum absolute atomic E-state index is 6.42. The van der Waals surface area contributed by atoms with Gasteiger partial charge in [-0.3, -0.25) is 0 Å². The second-order valence-electron chi connectivity index (χ2n) is 5.80. The highest BCUT2D eigenvalue weighted by molar-refractivity contribution is 8.00. The minimum atomic E-state index is 0.187. The van der Waals surface area contributed by atoms with Crippen LogP contribution >= 0.6 is 23.5 Å². The molecule has 2 aliphatic rings. The molecule has 2 nitrogen and oxygen atoms in total. The van der Waals surface area contributed by atoms with Gasteiger partial charge >= 0.3 is 0 Å². The van der Waals surface area contributed by atoms with E-state index in [0.29, 0.717) is 12.0 Å². The number of ether oxygens (including phenoxy) is 1. The summed E-state index contributed by atoms with van der Waals surface area (Å²) in [6.45, 7) is 5.48. The van der Waals surface area contributed by atoms with Crippen molar-refractivity contribution in [1.82, 2.24) is 0 Å². The first-order valence-electron chi connectivity index (χ1n) is 7.24. The summed E-state index contributed by atoms with van der Waals surface area (Å²) in [7, 11) is 0. The molecule has 0 radical (unpaired) electrons. The SMILES string of the molecule is CCC(C)SCC(N)C1CCOC2(CCSC2)C1. The van der Waals surface area contributed by atoms with Crippen LogP contribution in [-0.4, -0.2) is 40.8 Å². The van der Waals surface area contributed by atoms with Crippen molar-refractivity contribution in [2.75, 3.05) is 23.9 Å². The Morgan fingerprint density at radius 2 is 2.39 bits per heavy atom. The third-order valence-electron chi connectivity index (χ3n) is 4.35. The Labute approximate surface area is 120 Å². The van der Waals surface area contributed by atoms with E-state index in [0.717, 1.165) is 24.0 Å². The summed E-state index contributed by atoms with van der Waals surface area (Å²) in [5, 5.41) is 0.742. The Hall–Kier alpha value is 0.620. The number of hydrogen-bond acceptors (Lipinski definition) is 4. The maximum Gasteiger partial charge on any atom is 0.0783 e. The molecule has 0 aromatic carbocycles. The molecule has 18 heavy (non-hydrogen) atoms. The van der Waals surface area contributed by atoms with Gasteiger partial charge in [-0.25, -0.2) is 0 Å². The van der Waals surface area contributed by atoms with Gasteiger partial charge < -0.3 is 10.5 Å². The van der Waals surface area contributed by atoms with E-state index in [1.54, 1.807) is 0 Å². The topological polar surface area (TPSA) is 35.2 Å². The third-order valence-corrected chi connectivity index (χ3v) is 7.05. The van der Waals surface area contributed by atoms with Gasteiger partial charge in [0, 0.05) is 29.4 Å². The summed E-state index contributed by atoms with van der Waals surface area (Å²) in [6.07, 6.45) is 4.84. The Morgan fingerprint density at radius 3 is 3.06 bits per heavy atom. The molecule has 2 N–H and O–H groups in total. The van der Waals surface area contributed by atoms with Crippen LogP contribution in [0.2, 0.25) is 0 Å². The summed E-state index contributed by atoms with van der Waals surface area (Å²) in [5.41, 5.74) is 6.61. The van der Waals surface area contributed by atoms with Crippen LogP contribution in [0.3, 0.4) is 0 Å². The summed E-state index contributed by atoms with van der Waals surface area (Å²) in [5.74, 6) is 4.25. The minimum Gasteiger partial charge on any atom is -0.374 e. The predicted octanol–water partition coefficient (Wildman–Crippen LogP) is 3.15. The number of hydrogen-bond donors (Lipinski definition) is 1. The first kappa shape index (κ1) is 15.0. The second-order valence-corrected chi connectivity index (χ2v) is 8.38. The van der Waals surface area contributed by atoms with Gasteiger partial charge in [-0.15, -0.1) is 0 Å². The van der Waals surface area contributed by atoms with Crippen molar-refractivity contribution in [2.45, 2.75) is 56.4 Å². The van der Waals surface area contributed by atoms with Crippen LogP contribution in [0.15, 0.2) is 0 Å². The molecule has 2 fully saturated rings. The zero-order valence-corrected chi connectivity index (χ0v) is 13.3. The molecule has 0 amide bonds. The quantitative estimate of drug-likeness (QED) is 0.843. The van der Waals surface area contributed by atoms with Crippen molar-refractivity contribution in [1.29, 1.82) is 0 Å². The second kappa shape index (κ2) is 6.87. The average Bonchev–Trinajstić information content (AvgIpc) is 2.83. The summed E-state index contributed by atoms with van der Waals surface area (Å²) in [6, 6.07) is 0.357. The molecule has 1 spiro atoms. The van der Waals surface area contributed by atoms with Crippen LogP contribution in [0.25, 0.3) is 0 Å². The van der Waals surface area contributed by atoms with Gasteiger partial charge in [0.1, 0.15) is 0 Å². The van der Waals surface area contributed by atoms with E-state index in [1.807, 2.05) is 23.5 Å². The molecular weight excluding hydrogens is 262 g/mol. The first-order valence-corrected chi connectivity index (χ1v) is 9.44. The standard InChI is InChI=1S/C14H27NOS2/c1-3-11(2)18-9-13(15)12-4-6-16-14(8-12)5-7-17-10-14/h11-13H,3-10,15H2,1-2H3. The Morgan fingerprint density at radius 1 is 1.56 bits per heavy atom. The fourth-order valence-electron chi connectivity index (χ4n) is 2.82. The van der Waals surface area contributed by atoms with Crippen LogP contribution in [0.1, 0.15) is 39.5 Å². The molecule has 0 saturated carbocycles. The number of nitrogens with two attached hydrogens (primary N) is 1. The van der Waals surface area contributed by atoms with Crippen LogP contribution < -0.4 is 5.73 Å². The highest BCUT2D eigenvalue weighted by Gasteiger charge is 2.41. The average molecular weight is 290 g/mol. The molecule has 4 unspecified atom stereocenters. The van der Waals surface area contributed by atoms with Crippen molar-refractivity contribution in [3.8, 4) is 0 Å². The lowest BCUT2D eigenvalue weighted by molar-refractivity contribution is -0.0820. The molecule has 2 heterocycles. The van der Waals surface area contributed by atoms with Crippen molar-refractivity contribution in [3.63, 3.8) is 0 Å². The molecule has 0 aromatic rings. The fourth-order valence-corrected chi connectivity index (χ4v) is 5.26. The van der Waals surface area contributed by atoms with Crippen LogP contribution in [0.4, 0.5) is 0 Å². The van der Waals surface area contributed by atoms with E-state index in [9.17, 15) is 0 Å². The van der Waals surface area contributed by atoms with E-state index in [-0.39, 0.29) is 5.60 Å². The van der Waals surface area contributed by atoms with E-state index >= 15 is 0 Å². The summed E-state index contributed by atoms with van der Waals surface area (Å²) < 4.78 is 6.07. The zero-order valence-electron chi connectivity index (χ0n) is 11.7. The largest absolute Gasteiger partial charge is 0.374 e. The summed E-state index contributed by atoms with van der Waals surface area (Å²) in [4.78, 5) is 0. The normalized spacial score (nSPS) is 35.8. The van der Waals surface area contributed by atoms with E-state index in [4.69, 9.17) is 10.5 Å². The lowest BCUT2D eigenvalue weighted by Crippen LogP contribution is -2.46. The number of rotatable bonds is 5. The predicted molar refractivity (Wildman–Crippen MR) is 83.5 cm³/mol. The fraction of sp³-hybridized carbons (Fsp3) is 1.00. The summed E-state index contributed by atoms with van der Waals surface area (Å²) >= 11 is 4.08. The van der Waals surface area contributed by atoms with Crippen LogP contribution in [0, 0.1) is 5.92 Å².